The van der Waals surface area contributed by atoms with Gasteiger partial charge < -0.3 is 9.47 Å². The highest BCUT2D eigenvalue weighted by atomic mass is 16.1. The zero-order valence-corrected chi connectivity index (χ0v) is 15.6. The average Bonchev–Trinajstić information content (AvgIpc) is 3.17. The Balaban J connectivity index is 1.50. The van der Waals surface area contributed by atoms with Crippen molar-refractivity contribution in [2.24, 2.45) is 0 Å². The molecule has 0 N–H and O–H groups in total. The molecular formula is C22H24N4O. The lowest BCUT2D eigenvalue weighted by molar-refractivity contribution is 0.101. The van der Waals surface area contributed by atoms with Crippen LogP contribution < -0.4 is 4.90 Å². The van der Waals surface area contributed by atoms with Crippen molar-refractivity contribution in [2.75, 3.05) is 18.0 Å². The fraction of sp³-hybridized carbons (Fsp3) is 0.318. The third kappa shape index (κ3) is 3.92. The van der Waals surface area contributed by atoms with Gasteiger partial charge in [-0.15, -0.1) is 0 Å². The van der Waals surface area contributed by atoms with E-state index in [0.29, 0.717) is 11.5 Å². The molecule has 1 aromatic carbocycles. The second kappa shape index (κ2) is 7.74. The van der Waals surface area contributed by atoms with Crippen molar-refractivity contribution >= 4 is 11.6 Å². The molecule has 1 atom stereocenters. The van der Waals surface area contributed by atoms with Crippen LogP contribution in [0.2, 0.25) is 0 Å². The molecule has 5 nitrogen and oxygen atoms in total. The number of carbonyl (C=O) groups is 1. The molecule has 4 rings (SSSR count). The zero-order chi connectivity index (χ0) is 18.6. The predicted molar refractivity (Wildman–Crippen MR) is 106 cm³/mol. The SMILES string of the molecule is CC(=O)c1ccc(N2CCC[C@H](c3nccn3Cc3ccccc3)C2)nc1. The number of carbonyl (C=O) groups excluding carboxylic acids is 1. The van der Waals surface area contributed by atoms with Crippen LogP contribution in [0.25, 0.3) is 0 Å². The van der Waals surface area contributed by atoms with Gasteiger partial charge in [0, 0.05) is 49.7 Å². The molecule has 0 unspecified atom stereocenters. The second-order valence-electron chi connectivity index (χ2n) is 7.15. The number of benzene rings is 1. The van der Waals surface area contributed by atoms with Crippen LogP contribution in [-0.2, 0) is 6.54 Å². The van der Waals surface area contributed by atoms with Crippen LogP contribution in [0.4, 0.5) is 5.82 Å². The van der Waals surface area contributed by atoms with Crippen molar-refractivity contribution in [1.82, 2.24) is 14.5 Å². The summed E-state index contributed by atoms with van der Waals surface area (Å²) in [6, 6.07) is 14.3. The lowest BCUT2D eigenvalue weighted by Crippen LogP contribution is -2.36. The van der Waals surface area contributed by atoms with E-state index < -0.39 is 0 Å². The third-order valence-electron chi connectivity index (χ3n) is 5.21. The van der Waals surface area contributed by atoms with Gasteiger partial charge in [0.1, 0.15) is 11.6 Å². The summed E-state index contributed by atoms with van der Waals surface area (Å²) in [5.74, 6) is 2.51. The van der Waals surface area contributed by atoms with Crippen molar-refractivity contribution in [1.29, 1.82) is 0 Å². The monoisotopic (exact) mass is 360 g/mol. The van der Waals surface area contributed by atoms with E-state index in [1.807, 2.05) is 24.4 Å². The lowest BCUT2D eigenvalue weighted by atomic mass is 9.97. The maximum Gasteiger partial charge on any atom is 0.161 e. The molecule has 0 bridgehead atoms. The van der Waals surface area contributed by atoms with E-state index in [-0.39, 0.29) is 5.78 Å². The van der Waals surface area contributed by atoms with Gasteiger partial charge in [0.15, 0.2) is 5.78 Å². The number of hydrogen-bond donors (Lipinski definition) is 0. The maximum atomic E-state index is 11.5. The number of imidazole rings is 1. The van der Waals surface area contributed by atoms with Crippen molar-refractivity contribution in [3.8, 4) is 0 Å². The van der Waals surface area contributed by atoms with Crippen molar-refractivity contribution in [3.05, 3.63) is 78.0 Å². The van der Waals surface area contributed by atoms with Crippen LogP contribution in [0.15, 0.2) is 61.1 Å². The zero-order valence-electron chi connectivity index (χ0n) is 15.6. The topological polar surface area (TPSA) is 51.0 Å². The van der Waals surface area contributed by atoms with Crippen LogP contribution in [0.3, 0.4) is 0 Å². The molecule has 1 aliphatic rings. The highest BCUT2D eigenvalue weighted by molar-refractivity contribution is 5.93. The minimum atomic E-state index is 0.0495. The summed E-state index contributed by atoms with van der Waals surface area (Å²) < 4.78 is 2.26. The number of aromatic nitrogens is 3. The number of nitrogens with zero attached hydrogens (tertiary/aromatic N) is 4. The highest BCUT2D eigenvalue weighted by Gasteiger charge is 2.25. The molecule has 1 saturated heterocycles. The van der Waals surface area contributed by atoms with Gasteiger partial charge in [0.25, 0.3) is 0 Å². The van der Waals surface area contributed by atoms with E-state index in [2.05, 4.69) is 49.9 Å². The molecule has 0 radical (unpaired) electrons. The summed E-state index contributed by atoms with van der Waals surface area (Å²) in [4.78, 5) is 22.9. The van der Waals surface area contributed by atoms with Gasteiger partial charge in [-0.2, -0.15) is 0 Å². The average molecular weight is 360 g/mol. The van der Waals surface area contributed by atoms with Crippen molar-refractivity contribution < 1.29 is 4.79 Å². The molecule has 0 spiro atoms. The predicted octanol–water partition coefficient (Wildman–Crippen LogP) is 3.91. The van der Waals surface area contributed by atoms with Gasteiger partial charge in [0.05, 0.1) is 0 Å². The Morgan fingerprint density at radius 1 is 1.15 bits per heavy atom. The van der Waals surface area contributed by atoms with E-state index in [1.54, 1.807) is 13.1 Å². The Bertz CT molecular complexity index is 902. The maximum absolute atomic E-state index is 11.5. The smallest absolute Gasteiger partial charge is 0.161 e. The number of anilines is 1. The number of Topliss-reactive ketones (excluding diaryl/α,β-unsaturated/α-hetero) is 1. The van der Waals surface area contributed by atoms with Gasteiger partial charge in [-0.05, 0) is 37.5 Å². The number of ketones is 1. The first kappa shape index (κ1) is 17.5. The molecule has 0 saturated carbocycles. The first-order valence-electron chi connectivity index (χ1n) is 9.47. The fourth-order valence-corrected chi connectivity index (χ4v) is 3.77. The number of pyridine rings is 1. The normalized spacial score (nSPS) is 17.1. The summed E-state index contributed by atoms with van der Waals surface area (Å²) >= 11 is 0. The standard InChI is InChI=1S/C22H24N4O/c1-17(27)19-9-10-21(24-14-19)25-12-5-8-20(16-25)22-23-11-13-26(22)15-18-6-3-2-4-7-18/h2-4,6-7,9-11,13-14,20H,5,8,12,15-16H2,1H3/t20-/m0/s1. The summed E-state index contributed by atoms with van der Waals surface area (Å²) in [6.45, 7) is 4.30. The Morgan fingerprint density at radius 3 is 2.74 bits per heavy atom. The van der Waals surface area contributed by atoms with Gasteiger partial charge >= 0.3 is 0 Å². The highest BCUT2D eigenvalue weighted by Crippen LogP contribution is 2.28. The van der Waals surface area contributed by atoms with Crippen LogP contribution in [0.1, 0.15) is 47.4 Å². The molecule has 27 heavy (non-hydrogen) atoms. The molecule has 1 aliphatic heterocycles. The van der Waals surface area contributed by atoms with Crippen LogP contribution >= 0.6 is 0 Å². The number of piperidine rings is 1. The Labute approximate surface area is 159 Å². The minimum absolute atomic E-state index is 0.0495. The number of hydrogen-bond acceptors (Lipinski definition) is 4. The van der Waals surface area contributed by atoms with E-state index >= 15 is 0 Å². The summed E-state index contributed by atoms with van der Waals surface area (Å²) in [6.07, 6.45) is 7.89. The molecule has 3 heterocycles. The molecule has 138 valence electrons. The molecule has 2 aromatic heterocycles. The Kier molecular flexibility index (Phi) is 5.01. The fourth-order valence-electron chi connectivity index (χ4n) is 3.77. The van der Waals surface area contributed by atoms with Crippen molar-refractivity contribution in [2.45, 2.75) is 32.2 Å². The van der Waals surface area contributed by atoms with Gasteiger partial charge in [0.2, 0.25) is 0 Å². The summed E-state index contributed by atoms with van der Waals surface area (Å²) in [5, 5.41) is 0. The molecule has 0 amide bonds. The van der Waals surface area contributed by atoms with Crippen LogP contribution in [0.5, 0.6) is 0 Å². The molecular weight excluding hydrogens is 336 g/mol. The van der Waals surface area contributed by atoms with Gasteiger partial charge in [-0.3, -0.25) is 4.79 Å². The van der Waals surface area contributed by atoms with E-state index in [0.717, 1.165) is 44.1 Å². The van der Waals surface area contributed by atoms with E-state index in [4.69, 9.17) is 0 Å². The third-order valence-corrected chi connectivity index (χ3v) is 5.21. The second-order valence-corrected chi connectivity index (χ2v) is 7.15. The molecule has 3 aromatic rings. The van der Waals surface area contributed by atoms with Crippen LogP contribution in [-0.4, -0.2) is 33.4 Å². The molecule has 5 heteroatoms. The lowest BCUT2D eigenvalue weighted by Gasteiger charge is -2.33. The first-order chi connectivity index (χ1) is 13.2. The minimum Gasteiger partial charge on any atom is -0.356 e. The van der Waals surface area contributed by atoms with Crippen molar-refractivity contribution in [3.63, 3.8) is 0 Å². The summed E-state index contributed by atoms with van der Waals surface area (Å²) in [7, 11) is 0. The Hall–Kier alpha value is -2.95. The largest absolute Gasteiger partial charge is 0.356 e. The molecule has 1 fully saturated rings. The van der Waals surface area contributed by atoms with Crippen LogP contribution in [0, 0.1) is 0 Å². The first-order valence-corrected chi connectivity index (χ1v) is 9.47. The van der Waals surface area contributed by atoms with Gasteiger partial charge in [-0.25, -0.2) is 9.97 Å². The summed E-state index contributed by atoms with van der Waals surface area (Å²) in [5.41, 5.74) is 1.94. The van der Waals surface area contributed by atoms with Gasteiger partial charge in [-0.1, -0.05) is 30.3 Å². The number of rotatable bonds is 5. The Morgan fingerprint density at radius 2 is 2.00 bits per heavy atom. The molecule has 0 aliphatic carbocycles. The quantitative estimate of drug-likeness (QED) is 0.647. The van der Waals surface area contributed by atoms with E-state index in [9.17, 15) is 4.79 Å². The van der Waals surface area contributed by atoms with E-state index in [1.165, 1.54) is 5.56 Å².